The lowest BCUT2D eigenvalue weighted by Crippen LogP contribution is -2.19. The minimum atomic E-state index is 0.251. The Kier molecular flexibility index (Phi) is 3.88. The van der Waals surface area contributed by atoms with Crippen LogP contribution in [0.3, 0.4) is 0 Å². The van der Waals surface area contributed by atoms with Crippen molar-refractivity contribution in [2.75, 3.05) is 14.2 Å². The van der Waals surface area contributed by atoms with Gasteiger partial charge in [-0.05, 0) is 43.4 Å². The van der Waals surface area contributed by atoms with E-state index in [0.29, 0.717) is 6.10 Å². The van der Waals surface area contributed by atoms with E-state index in [1.807, 2.05) is 6.07 Å². The van der Waals surface area contributed by atoms with Gasteiger partial charge in [0.25, 0.3) is 0 Å². The largest absolute Gasteiger partial charge is 0.497 e. The van der Waals surface area contributed by atoms with E-state index in [9.17, 15) is 0 Å². The van der Waals surface area contributed by atoms with Gasteiger partial charge < -0.3 is 14.2 Å². The first-order valence-corrected chi connectivity index (χ1v) is 7.65. The van der Waals surface area contributed by atoms with E-state index < -0.39 is 0 Å². The first-order chi connectivity index (χ1) is 9.75. The summed E-state index contributed by atoms with van der Waals surface area (Å²) in [7, 11) is 3.39. The lowest BCUT2D eigenvalue weighted by Gasteiger charge is -2.18. The van der Waals surface area contributed by atoms with E-state index in [1.54, 1.807) is 14.2 Å². The molecule has 110 valence electrons. The molecule has 1 saturated carbocycles. The number of aryl methyl sites for hydroxylation is 1. The van der Waals surface area contributed by atoms with E-state index in [-0.39, 0.29) is 5.60 Å². The molecule has 1 spiro atoms. The molecular weight excluding hydrogens is 252 g/mol. The Labute approximate surface area is 121 Å². The van der Waals surface area contributed by atoms with E-state index >= 15 is 0 Å². The summed E-state index contributed by atoms with van der Waals surface area (Å²) in [6.07, 6.45) is 9.19. The van der Waals surface area contributed by atoms with Crippen LogP contribution in [0.15, 0.2) is 18.2 Å². The van der Waals surface area contributed by atoms with Gasteiger partial charge in [0.1, 0.15) is 11.5 Å². The Balaban J connectivity index is 1.59. The number of hydrogen-bond donors (Lipinski definition) is 0. The fraction of sp³-hybridized carbons (Fsp3) is 0.647. The normalized spacial score (nSPS) is 23.6. The van der Waals surface area contributed by atoms with Crippen LogP contribution in [-0.4, -0.2) is 25.9 Å². The summed E-state index contributed by atoms with van der Waals surface area (Å²) in [6.45, 7) is 0. The lowest BCUT2D eigenvalue weighted by atomic mass is 9.85. The van der Waals surface area contributed by atoms with Crippen molar-refractivity contribution in [3.63, 3.8) is 0 Å². The first kappa shape index (κ1) is 13.7. The second-order valence-electron chi connectivity index (χ2n) is 5.99. The molecule has 2 fully saturated rings. The molecule has 3 heteroatoms. The first-order valence-electron chi connectivity index (χ1n) is 7.65. The predicted octanol–water partition coefficient (Wildman–Crippen LogP) is 3.74. The molecule has 0 aromatic heterocycles. The minimum Gasteiger partial charge on any atom is -0.497 e. The Hall–Kier alpha value is -1.22. The van der Waals surface area contributed by atoms with Gasteiger partial charge in [-0.2, -0.15) is 0 Å². The molecular formula is C17H24O3. The van der Waals surface area contributed by atoms with Gasteiger partial charge in [-0.25, -0.2) is 0 Å². The summed E-state index contributed by atoms with van der Waals surface area (Å²) in [5, 5.41) is 0. The highest BCUT2D eigenvalue weighted by Crippen LogP contribution is 2.49. The SMILES string of the molecule is COc1cc(CCC2OC23CCCCC3)cc(OC)c1. The third kappa shape index (κ3) is 2.78. The van der Waals surface area contributed by atoms with E-state index in [2.05, 4.69) is 12.1 Å². The van der Waals surface area contributed by atoms with Crippen molar-refractivity contribution in [1.29, 1.82) is 0 Å². The maximum Gasteiger partial charge on any atom is 0.122 e. The summed E-state index contributed by atoms with van der Waals surface area (Å²) in [4.78, 5) is 0. The van der Waals surface area contributed by atoms with Crippen LogP contribution in [0.1, 0.15) is 44.1 Å². The van der Waals surface area contributed by atoms with Crippen LogP contribution >= 0.6 is 0 Å². The van der Waals surface area contributed by atoms with Crippen molar-refractivity contribution in [2.45, 2.75) is 56.7 Å². The summed E-state index contributed by atoms with van der Waals surface area (Å²) in [5.74, 6) is 1.73. The quantitative estimate of drug-likeness (QED) is 0.768. The van der Waals surface area contributed by atoms with Gasteiger partial charge in [-0.15, -0.1) is 0 Å². The standard InChI is InChI=1S/C17H24O3/c1-18-14-10-13(11-15(12-14)19-2)6-7-16-17(20-16)8-4-3-5-9-17/h10-12,16H,3-9H2,1-2H3. The molecule has 1 atom stereocenters. The Morgan fingerprint density at radius 2 is 1.70 bits per heavy atom. The number of methoxy groups -OCH3 is 2. The second kappa shape index (κ2) is 5.65. The molecule has 3 rings (SSSR count). The number of hydrogen-bond acceptors (Lipinski definition) is 3. The monoisotopic (exact) mass is 276 g/mol. The van der Waals surface area contributed by atoms with Crippen molar-refractivity contribution in [3.8, 4) is 11.5 Å². The molecule has 20 heavy (non-hydrogen) atoms. The zero-order chi connectivity index (χ0) is 14.0. The van der Waals surface area contributed by atoms with Crippen LogP contribution in [-0.2, 0) is 11.2 Å². The fourth-order valence-electron chi connectivity index (χ4n) is 3.47. The molecule has 1 aliphatic carbocycles. The molecule has 1 aromatic rings. The van der Waals surface area contributed by atoms with Gasteiger partial charge in [0.05, 0.1) is 25.9 Å². The molecule has 1 aliphatic heterocycles. The third-order valence-electron chi connectivity index (χ3n) is 4.71. The molecule has 0 radical (unpaired) electrons. The minimum absolute atomic E-state index is 0.251. The highest BCUT2D eigenvalue weighted by atomic mass is 16.6. The molecule has 1 unspecified atom stereocenters. The topological polar surface area (TPSA) is 31.0 Å². The Morgan fingerprint density at radius 3 is 2.30 bits per heavy atom. The molecule has 0 bridgehead atoms. The van der Waals surface area contributed by atoms with Gasteiger partial charge in [0.2, 0.25) is 0 Å². The summed E-state index contributed by atoms with van der Waals surface area (Å²) in [5.41, 5.74) is 1.52. The van der Waals surface area contributed by atoms with Crippen molar-refractivity contribution in [1.82, 2.24) is 0 Å². The number of ether oxygens (including phenoxy) is 3. The Bertz CT molecular complexity index is 441. The average molecular weight is 276 g/mol. The van der Waals surface area contributed by atoms with Crippen molar-refractivity contribution in [3.05, 3.63) is 23.8 Å². The van der Waals surface area contributed by atoms with Crippen molar-refractivity contribution >= 4 is 0 Å². The fourth-order valence-corrected chi connectivity index (χ4v) is 3.47. The summed E-state index contributed by atoms with van der Waals surface area (Å²) < 4.78 is 16.7. The van der Waals surface area contributed by atoms with Gasteiger partial charge >= 0.3 is 0 Å². The van der Waals surface area contributed by atoms with Gasteiger partial charge in [-0.3, -0.25) is 0 Å². The molecule has 1 aromatic carbocycles. The molecule has 3 nitrogen and oxygen atoms in total. The molecule has 0 N–H and O–H groups in total. The second-order valence-corrected chi connectivity index (χ2v) is 5.99. The number of benzene rings is 1. The van der Waals surface area contributed by atoms with Crippen LogP contribution in [0, 0.1) is 0 Å². The van der Waals surface area contributed by atoms with Gasteiger partial charge in [-0.1, -0.05) is 19.3 Å². The number of rotatable bonds is 5. The lowest BCUT2D eigenvalue weighted by molar-refractivity contribution is 0.233. The van der Waals surface area contributed by atoms with Gasteiger partial charge in [0.15, 0.2) is 0 Å². The van der Waals surface area contributed by atoms with Crippen LogP contribution in [0.5, 0.6) is 11.5 Å². The van der Waals surface area contributed by atoms with Crippen LogP contribution in [0.4, 0.5) is 0 Å². The highest BCUT2D eigenvalue weighted by Gasteiger charge is 2.55. The van der Waals surface area contributed by atoms with E-state index in [0.717, 1.165) is 24.3 Å². The summed E-state index contributed by atoms with van der Waals surface area (Å²) in [6, 6.07) is 6.11. The maximum absolute atomic E-state index is 6.02. The predicted molar refractivity (Wildman–Crippen MR) is 78.6 cm³/mol. The summed E-state index contributed by atoms with van der Waals surface area (Å²) >= 11 is 0. The molecule has 2 aliphatic rings. The van der Waals surface area contributed by atoms with Crippen LogP contribution in [0.2, 0.25) is 0 Å². The van der Waals surface area contributed by atoms with Gasteiger partial charge in [0, 0.05) is 6.07 Å². The highest BCUT2D eigenvalue weighted by molar-refractivity contribution is 5.38. The van der Waals surface area contributed by atoms with E-state index in [1.165, 1.54) is 37.7 Å². The molecule has 1 heterocycles. The van der Waals surface area contributed by atoms with E-state index in [4.69, 9.17) is 14.2 Å². The zero-order valence-corrected chi connectivity index (χ0v) is 12.5. The van der Waals surface area contributed by atoms with Crippen LogP contribution in [0.25, 0.3) is 0 Å². The average Bonchev–Trinajstić information content (AvgIpc) is 3.17. The van der Waals surface area contributed by atoms with Crippen molar-refractivity contribution in [2.24, 2.45) is 0 Å². The molecule has 1 saturated heterocycles. The maximum atomic E-state index is 6.02. The smallest absolute Gasteiger partial charge is 0.122 e. The van der Waals surface area contributed by atoms with Crippen LogP contribution < -0.4 is 9.47 Å². The zero-order valence-electron chi connectivity index (χ0n) is 12.5. The number of epoxide rings is 1. The van der Waals surface area contributed by atoms with Crippen molar-refractivity contribution < 1.29 is 14.2 Å². The Morgan fingerprint density at radius 1 is 1.05 bits per heavy atom. The molecule has 0 amide bonds. The third-order valence-corrected chi connectivity index (χ3v) is 4.71.